The SMILES string of the molecule is CO[C@H]1CC[C@H](CN2CCCCC2C(C)Oc2ccc3c(c2)COC3=O)CC1. The normalized spacial score (nSPS) is 29.2. The maximum absolute atomic E-state index is 11.6. The number of fused-ring (bicyclic) bond motifs is 1. The fourth-order valence-electron chi connectivity index (χ4n) is 5.13. The number of hydrogen-bond donors (Lipinski definition) is 0. The lowest BCUT2D eigenvalue weighted by atomic mass is 9.85. The molecule has 1 aromatic carbocycles. The van der Waals surface area contributed by atoms with E-state index in [2.05, 4.69) is 11.8 Å². The van der Waals surface area contributed by atoms with Crippen molar-refractivity contribution in [2.45, 2.75) is 76.7 Å². The minimum Gasteiger partial charge on any atom is -0.489 e. The summed E-state index contributed by atoms with van der Waals surface area (Å²) in [7, 11) is 1.84. The fourth-order valence-corrected chi connectivity index (χ4v) is 5.13. The van der Waals surface area contributed by atoms with Crippen LogP contribution in [0.25, 0.3) is 0 Å². The molecule has 2 heterocycles. The van der Waals surface area contributed by atoms with Gasteiger partial charge in [0, 0.05) is 25.3 Å². The van der Waals surface area contributed by atoms with Crippen molar-refractivity contribution in [1.29, 1.82) is 0 Å². The Hall–Kier alpha value is -1.59. The van der Waals surface area contributed by atoms with Crippen molar-refractivity contribution in [2.24, 2.45) is 5.92 Å². The molecule has 5 nitrogen and oxygen atoms in total. The molecule has 0 bridgehead atoms. The number of ether oxygens (including phenoxy) is 3. The third-order valence-electron chi connectivity index (χ3n) is 6.80. The number of esters is 1. The first kappa shape index (κ1) is 19.7. The Morgan fingerprint density at radius 3 is 2.79 bits per heavy atom. The molecular formula is C23H33NO4. The topological polar surface area (TPSA) is 48.0 Å². The lowest BCUT2D eigenvalue weighted by Crippen LogP contribution is -2.49. The Balaban J connectivity index is 1.36. The molecule has 1 saturated heterocycles. The highest BCUT2D eigenvalue weighted by Crippen LogP contribution is 2.31. The molecule has 0 spiro atoms. The van der Waals surface area contributed by atoms with E-state index in [0.717, 1.165) is 17.2 Å². The Morgan fingerprint density at radius 2 is 2.00 bits per heavy atom. The quantitative estimate of drug-likeness (QED) is 0.685. The van der Waals surface area contributed by atoms with Gasteiger partial charge in [-0.15, -0.1) is 0 Å². The second-order valence-corrected chi connectivity index (χ2v) is 8.65. The van der Waals surface area contributed by atoms with Gasteiger partial charge in [-0.3, -0.25) is 4.90 Å². The van der Waals surface area contributed by atoms with Gasteiger partial charge in [-0.1, -0.05) is 6.42 Å². The van der Waals surface area contributed by atoms with Gasteiger partial charge in [0.2, 0.25) is 0 Å². The summed E-state index contributed by atoms with van der Waals surface area (Å²) in [6.45, 7) is 4.91. The maximum Gasteiger partial charge on any atom is 0.338 e. The van der Waals surface area contributed by atoms with Crippen molar-refractivity contribution in [2.75, 3.05) is 20.2 Å². The Labute approximate surface area is 168 Å². The zero-order valence-corrected chi connectivity index (χ0v) is 17.2. The van der Waals surface area contributed by atoms with E-state index < -0.39 is 0 Å². The first-order chi connectivity index (χ1) is 13.6. The van der Waals surface area contributed by atoms with Crippen LogP contribution in [0, 0.1) is 5.92 Å². The minimum atomic E-state index is -0.226. The van der Waals surface area contributed by atoms with Gasteiger partial charge in [0.15, 0.2) is 0 Å². The Bertz CT molecular complexity index is 683. The number of carbonyl (C=O) groups excluding carboxylic acids is 1. The lowest BCUT2D eigenvalue weighted by molar-refractivity contribution is 0.0175. The summed E-state index contributed by atoms with van der Waals surface area (Å²) in [5, 5.41) is 0. The molecule has 5 heteroatoms. The standard InChI is InChI=1S/C23H33NO4/c1-16(28-20-10-11-21-18(13-20)15-27-23(21)25)22-5-3-4-12-24(22)14-17-6-8-19(26-2)9-7-17/h10-11,13,16-17,19,22H,3-9,12,14-15H2,1-2H3/t16?,17-,19-,22?. The van der Waals surface area contributed by atoms with Crippen LogP contribution in [0.5, 0.6) is 5.75 Å². The number of methoxy groups -OCH3 is 1. The highest BCUT2D eigenvalue weighted by atomic mass is 16.5. The summed E-state index contributed by atoms with van der Waals surface area (Å²) < 4.78 is 17.0. The number of cyclic esters (lactones) is 1. The van der Waals surface area contributed by atoms with Gasteiger partial charge in [-0.2, -0.15) is 0 Å². The zero-order valence-electron chi connectivity index (χ0n) is 17.2. The minimum absolute atomic E-state index is 0.131. The summed E-state index contributed by atoms with van der Waals surface area (Å²) in [5.41, 5.74) is 1.61. The van der Waals surface area contributed by atoms with E-state index in [1.807, 2.05) is 25.3 Å². The van der Waals surface area contributed by atoms with E-state index in [4.69, 9.17) is 14.2 Å². The zero-order chi connectivity index (χ0) is 19.5. The van der Waals surface area contributed by atoms with Gasteiger partial charge in [0.1, 0.15) is 18.5 Å². The van der Waals surface area contributed by atoms with Crippen molar-refractivity contribution < 1.29 is 19.0 Å². The van der Waals surface area contributed by atoms with Crippen LogP contribution in [0.4, 0.5) is 0 Å². The lowest BCUT2D eigenvalue weighted by Gasteiger charge is -2.41. The van der Waals surface area contributed by atoms with Crippen molar-refractivity contribution >= 4 is 5.97 Å². The van der Waals surface area contributed by atoms with Gasteiger partial charge < -0.3 is 14.2 Å². The van der Waals surface area contributed by atoms with Crippen molar-refractivity contribution in [3.63, 3.8) is 0 Å². The molecule has 2 aliphatic heterocycles. The first-order valence-electron chi connectivity index (χ1n) is 10.9. The molecule has 3 aliphatic rings. The smallest absolute Gasteiger partial charge is 0.338 e. The van der Waals surface area contributed by atoms with Gasteiger partial charge in [-0.25, -0.2) is 4.79 Å². The molecule has 1 saturated carbocycles. The summed E-state index contributed by atoms with van der Waals surface area (Å²) in [6, 6.07) is 6.16. The van der Waals surface area contributed by atoms with E-state index in [0.29, 0.717) is 24.3 Å². The highest BCUT2D eigenvalue weighted by Gasteiger charge is 2.32. The molecule has 4 rings (SSSR count). The number of benzene rings is 1. The van der Waals surface area contributed by atoms with Crippen LogP contribution in [-0.2, 0) is 16.1 Å². The summed E-state index contributed by atoms with van der Waals surface area (Å²) >= 11 is 0. The number of hydrogen-bond acceptors (Lipinski definition) is 5. The second kappa shape index (κ2) is 8.83. The molecule has 2 atom stereocenters. The van der Waals surface area contributed by atoms with Crippen LogP contribution in [-0.4, -0.2) is 49.3 Å². The van der Waals surface area contributed by atoms with Gasteiger partial charge in [0.05, 0.1) is 11.7 Å². The second-order valence-electron chi connectivity index (χ2n) is 8.65. The van der Waals surface area contributed by atoms with E-state index in [-0.39, 0.29) is 12.1 Å². The largest absolute Gasteiger partial charge is 0.489 e. The molecule has 0 amide bonds. The predicted molar refractivity (Wildman–Crippen MR) is 108 cm³/mol. The van der Waals surface area contributed by atoms with E-state index >= 15 is 0 Å². The first-order valence-corrected chi connectivity index (χ1v) is 10.9. The highest BCUT2D eigenvalue weighted by molar-refractivity contribution is 5.93. The van der Waals surface area contributed by atoms with Crippen LogP contribution in [0.1, 0.15) is 67.8 Å². The molecule has 0 N–H and O–H groups in total. The number of piperidine rings is 1. The molecule has 1 aliphatic carbocycles. The molecular weight excluding hydrogens is 354 g/mol. The number of carbonyl (C=O) groups is 1. The van der Waals surface area contributed by atoms with Crippen molar-refractivity contribution in [3.05, 3.63) is 29.3 Å². The number of rotatable bonds is 6. The van der Waals surface area contributed by atoms with Crippen LogP contribution in [0.3, 0.4) is 0 Å². The third-order valence-corrected chi connectivity index (χ3v) is 6.80. The summed E-state index contributed by atoms with van der Waals surface area (Å²) in [6.07, 6.45) is 9.29. The molecule has 0 radical (unpaired) electrons. The van der Waals surface area contributed by atoms with Crippen LogP contribution in [0.15, 0.2) is 18.2 Å². The van der Waals surface area contributed by atoms with Gasteiger partial charge >= 0.3 is 5.97 Å². The van der Waals surface area contributed by atoms with E-state index in [1.54, 1.807) is 0 Å². The molecule has 154 valence electrons. The van der Waals surface area contributed by atoms with Crippen molar-refractivity contribution in [1.82, 2.24) is 4.90 Å². The molecule has 2 unspecified atom stereocenters. The average Bonchev–Trinajstić information content (AvgIpc) is 3.09. The fraction of sp³-hybridized carbons (Fsp3) is 0.696. The van der Waals surface area contributed by atoms with E-state index in [1.165, 1.54) is 58.0 Å². The third kappa shape index (κ3) is 4.36. The number of likely N-dealkylation sites (tertiary alicyclic amines) is 1. The Morgan fingerprint density at radius 1 is 1.18 bits per heavy atom. The van der Waals surface area contributed by atoms with Crippen LogP contribution < -0.4 is 4.74 Å². The Kier molecular flexibility index (Phi) is 6.22. The van der Waals surface area contributed by atoms with Crippen molar-refractivity contribution in [3.8, 4) is 5.75 Å². The maximum atomic E-state index is 11.6. The van der Waals surface area contributed by atoms with Crippen LogP contribution in [0.2, 0.25) is 0 Å². The predicted octanol–water partition coefficient (Wildman–Crippen LogP) is 4.18. The summed E-state index contributed by atoms with van der Waals surface area (Å²) in [4.78, 5) is 14.3. The van der Waals surface area contributed by atoms with Gasteiger partial charge in [-0.05, 0) is 76.1 Å². The monoisotopic (exact) mass is 387 g/mol. The summed E-state index contributed by atoms with van der Waals surface area (Å²) in [5.74, 6) is 1.40. The molecule has 28 heavy (non-hydrogen) atoms. The molecule has 0 aromatic heterocycles. The molecule has 2 fully saturated rings. The van der Waals surface area contributed by atoms with E-state index in [9.17, 15) is 4.79 Å². The van der Waals surface area contributed by atoms with Gasteiger partial charge in [0.25, 0.3) is 0 Å². The number of nitrogens with zero attached hydrogens (tertiary/aromatic N) is 1. The van der Waals surface area contributed by atoms with Crippen LogP contribution >= 0.6 is 0 Å². The molecule has 1 aromatic rings. The average molecular weight is 388 g/mol.